The molecule has 2 N–H and O–H groups in total. The van der Waals surface area contributed by atoms with E-state index in [0.717, 1.165) is 31.6 Å². The van der Waals surface area contributed by atoms with Gasteiger partial charge in [-0.05, 0) is 37.1 Å². The molecule has 4 rings (SSSR count). The quantitative estimate of drug-likeness (QED) is 0.709. The number of halogens is 1. The molecule has 132 valence electrons. The molecular formula is C20H17ClN2O3. The van der Waals surface area contributed by atoms with Crippen molar-refractivity contribution in [3.8, 4) is 17.0 Å². The summed E-state index contributed by atoms with van der Waals surface area (Å²) in [5.74, 6) is -1.01. The number of carboxylic acid groups (broad SMARTS) is 1. The summed E-state index contributed by atoms with van der Waals surface area (Å²) < 4.78 is 0. The highest BCUT2D eigenvalue weighted by atomic mass is 35.5. The number of hydrogen-bond acceptors (Lipinski definition) is 4. The number of aromatic nitrogens is 1. The topological polar surface area (TPSA) is 73.7 Å². The first-order valence-electron chi connectivity index (χ1n) is 8.46. The number of benzene rings is 2. The Morgan fingerprint density at radius 2 is 1.85 bits per heavy atom. The highest BCUT2D eigenvalue weighted by molar-refractivity contribution is 6.35. The Kier molecular flexibility index (Phi) is 4.17. The zero-order valence-corrected chi connectivity index (χ0v) is 14.7. The molecule has 1 saturated heterocycles. The van der Waals surface area contributed by atoms with E-state index in [1.165, 1.54) is 0 Å². The summed E-state index contributed by atoms with van der Waals surface area (Å²) in [7, 11) is 0. The van der Waals surface area contributed by atoms with Crippen LogP contribution in [0.4, 0.5) is 5.69 Å². The molecule has 1 aliphatic heterocycles. The second-order valence-electron chi connectivity index (χ2n) is 6.37. The van der Waals surface area contributed by atoms with Crippen LogP contribution in [0.5, 0.6) is 5.75 Å². The number of anilines is 1. The van der Waals surface area contributed by atoms with E-state index in [2.05, 4.69) is 9.88 Å². The summed E-state index contributed by atoms with van der Waals surface area (Å²) >= 11 is 6.11. The van der Waals surface area contributed by atoms with Gasteiger partial charge in [-0.1, -0.05) is 29.8 Å². The number of aromatic carboxylic acids is 1. The van der Waals surface area contributed by atoms with Crippen LogP contribution in [-0.4, -0.2) is 34.3 Å². The lowest BCUT2D eigenvalue weighted by molar-refractivity contribution is 0.0699. The van der Waals surface area contributed by atoms with Gasteiger partial charge in [0.05, 0.1) is 21.9 Å². The van der Waals surface area contributed by atoms with Gasteiger partial charge in [-0.2, -0.15) is 0 Å². The molecule has 0 radical (unpaired) electrons. The molecule has 26 heavy (non-hydrogen) atoms. The molecule has 6 heteroatoms. The number of hydrogen-bond donors (Lipinski definition) is 2. The van der Waals surface area contributed by atoms with E-state index in [9.17, 15) is 15.0 Å². The van der Waals surface area contributed by atoms with Crippen LogP contribution in [0.2, 0.25) is 5.02 Å². The second kappa shape index (κ2) is 6.50. The molecule has 1 aromatic heterocycles. The van der Waals surface area contributed by atoms with E-state index in [1.54, 1.807) is 30.3 Å². The zero-order valence-electron chi connectivity index (χ0n) is 13.9. The van der Waals surface area contributed by atoms with E-state index in [-0.39, 0.29) is 16.3 Å². The Bertz CT molecular complexity index is 1010. The monoisotopic (exact) mass is 368 g/mol. The van der Waals surface area contributed by atoms with E-state index < -0.39 is 5.97 Å². The van der Waals surface area contributed by atoms with E-state index in [4.69, 9.17) is 11.6 Å². The number of carbonyl (C=O) groups is 1. The summed E-state index contributed by atoms with van der Waals surface area (Å²) in [4.78, 5) is 18.6. The van der Waals surface area contributed by atoms with Gasteiger partial charge in [-0.25, -0.2) is 9.78 Å². The van der Waals surface area contributed by atoms with Crippen LogP contribution in [0.3, 0.4) is 0 Å². The lowest BCUT2D eigenvalue weighted by Gasteiger charge is -2.22. The number of aromatic hydroxyl groups is 1. The highest BCUT2D eigenvalue weighted by Gasteiger charge is 2.23. The molecule has 2 aromatic carbocycles. The highest BCUT2D eigenvalue weighted by Crippen LogP contribution is 2.39. The molecule has 0 unspecified atom stereocenters. The normalized spacial score (nSPS) is 14.1. The third-order valence-electron chi connectivity index (χ3n) is 4.74. The standard InChI is InChI=1S/C20H17ClN2O3/c21-14-8-7-12-11-15(23-9-3-4-10-23)19(13-5-1-2-6-16(13)24)22-18(12)17(14)20(25)26/h1-2,5-8,11,24H,3-4,9-10H2,(H,25,26). The third-order valence-corrected chi connectivity index (χ3v) is 5.05. The van der Waals surface area contributed by atoms with Crippen molar-refractivity contribution in [2.75, 3.05) is 18.0 Å². The van der Waals surface area contributed by atoms with Crippen molar-refractivity contribution in [2.24, 2.45) is 0 Å². The Hall–Kier alpha value is -2.79. The van der Waals surface area contributed by atoms with E-state index >= 15 is 0 Å². The number of carboxylic acids is 1. The Labute approximate surface area is 155 Å². The number of para-hydroxylation sites is 1. The lowest BCUT2D eigenvalue weighted by atomic mass is 10.0. The van der Waals surface area contributed by atoms with Gasteiger partial charge in [-0.15, -0.1) is 0 Å². The van der Waals surface area contributed by atoms with Gasteiger partial charge in [0.2, 0.25) is 0 Å². The first kappa shape index (κ1) is 16.7. The summed E-state index contributed by atoms with van der Waals surface area (Å²) in [5.41, 5.74) is 2.35. The SMILES string of the molecule is O=C(O)c1c(Cl)ccc2cc(N3CCCC3)c(-c3ccccc3O)nc12. The van der Waals surface area contributed by atoms with Crippen molar-refractivity contribution in [3.05, 3.63) is 53.1 Å². The molecule has 0 spiro atoms. The minimum absolute atomic E-state index is 0.0196. The number of pyridine rings is 1. The fourth-order valence-corrected chi connectivity index (χ4v) is 3.71. The number of rotatable bonds is 3. The average Bonchev–Trinajstić information content (AvgIpc) is 3.15. The molecule has 3 aromatic rings. The predicted molar refractivity (Wildman–Crippen MR) is 102 cm³/mol. The molecule has 1 aliphatic rings. The minimum atomic E-state index is -1.12. The van der Waals surface area contributed by atoms with Gasteiger partial charge in [0.15, 0.2) is 0 Å². The van der Waals surface area contributed by atoms with Crippen molar-refractivity contribution >= 4 is 34.2 Å². The molecule has 0 atom stereocenters. The van der Waals surface area contributed by atoms with Gasteiger partial charge in [-0.3, -0.25) is 0 Å². The maximum Gasteiger partial charge on any atom is 0.339 e. The van der Waals surface area contributed by atoms with Crippen molar-refractivity contribution in [2.45, 2.75) is 12.8 Å². The molecule has 0 amide bonds. The van der Waals surface area contributed by atoms with E-state index in [0.29, 0.717) is 22.2 Å². The first-order valence-corrected chi connectivity index (χ1v) is 8.84. The first-order chi connectivity index (χ1) is 12.6. The average molecular weight is 369 g/mol. The van der Waals surface area contributed by atoms with Crippen LogP contribution in [0, 0.1) is 0 Å². The second-order valence-corrected chi connectivity index (χ2v) is 6.77. The summed E-state index contributed by atoms with van der Waals surface area (Å²) in [6, 6.07) is 12.3. The largest absolute Gasteiger partial charge is 0.507 e. The zero-order chi connectivity index (χ0) is 18.3. The molecule has 5 nitrogen and oxygen atoms in total. The number of nitrogens with zero attached hydrogens (tertiary/aromatic N) is 2. The van der Waals surface area contributed by atoms with Gasteiger partial charge >= 0.3 is 5.97 Å². The van der Waals surface area contributed by atoms with Crippen LogP contribution in [0.15, 0.2) is 42.5 Å². The van der Waals surface area contributed by atoms with Crippen LogP contribution in [0.25, 0.3) is 22.2 Å². The summed E-state index contributed by atoms with van der Waals surface area (Å²) in [5, 5.41) is 20.8. The molecule has 0 bridgehead atoms. The van der Waals surface area contributed by atoms with Crippen LogP contribution in [-0.2, 0) is 0 Å². The predicted octanol–water partition coefficient (Wildman–Crippen LogP) is 4.56. The van der Waals surface area contributed by atoms with Gasteiger partial charge in [0, 0.05) is 24.0 Å². The Morgan fingerprint density at radius 3 is 2.54 bits per heavy atom. The number of fused-ring (bicyclic) bond motifs is 1. The van der Waals surface area contributed by atoms with Crippen LogP contribution in [0.1, 0.15) is 23.2 Å². The smallest absolute Gasteiger partial charge is 0.339 e. The number of phenols is 1. The molecule has 2 heterocycles. The maximum absolute atomic E-state index is 11.7. The lowest BCUT2D eigenvalue weighted by Crippen LogP contribution is -2.19. The number of phenolic OH excluding ortho intramolecular Hbond substituents is 1. The fourth-order valence-electron chi connectivity index (χ4n) is 3.48. The van der Waals surface area contributed by atoms with Gasteiger partial charge < -0.3 is 15.1 Å². The summed E-state index contributed by atoms with van der Waals surface area (Å²) in [6.07, 6.45) is 2.19. The van der Waals surface area contributed by atoms with E-state index in [1.807, 2.05) is 12.1 Å². The van der Waals surface area contributed by atoms with Crippen molar-refractivity contribution < 1.29 is 15.0 Å². The molecule has 1 fully saturated rings. The van der Waals surface area contributed by atoms with Crippen molar-refractivity contribution in [3.63, 3.8) is 0 Å². The molecule has 0 saturated carbocycles. The maximum atomic E-state index is 11.7. The van der Waals surface area contributed by atoms with Crippen LogP contribution < -0.4 is 4.90 Å². The van der Waals surface area contributed by atoms with Gasteiger partial charge in [0.25, 0.3) is 0 Å². The molecule has 0 aliphatic carbocycles. The Morgan fingerprint density at radius 1 is 1.12 bits per heavy atom. The van der Waals surface area contributed by atoms with Crippen LogP contribution >= 0.6 is 11.6 Å². The van der Waals surface area contributed by atoms with Crippen molar-refractivity contribution in [1.29, 1.82) is 0 Å². The fraction of sp³-hybridized carbons (Fsp3) is 0.200. The molecular weight excluding hydrogens is 352 g/mol. The third kappa shape index (κ3) is 2.74. The van der Waals surface area contributed by atoms with Crippen molar-refractivity contribution in [1.82, 2.24) is 4.98 Å². The summed E-state index contributed by atoms with van der Waals surface area (Å²) in [6.45, 7) is 1.82. The Balaban J connectivity index is 2.05. The minimum Gasteiger partial charge on any atom is -0.507 e. The van der Waals surface area contributed by atoms with Gasteiger partial charge in [0.1, 0.15) is 11.3 Å².